The van der Waals surface area contributed by atoms with Gasteiger partial charge in [0.25, 0.3) is 6.43 Å². The monoisotopic (exact) mass is 303 g/mol. The van der Waals surface area contributed by atoms with Crippen molar-refractivity contribution in [2.45, 2.75) is 19.3 Å². The molecule has 4 N–H and O–H groups in total. The first-order valence-corrected chi connectivity index (χ1v) is 6.76. The maximum Gasteiger partial charge on any atom is 0.261 e. The van der Waals surface area contributed by atoms with Crippen molar-refractivity contribution in [1.82, 2.24) is 15.0 Å². The third-order valence-corrected chi connectivity index (χ3v) is 2.91. The zero-order chi connectivity index (χ0) is 15.1. The van der Waals surface area contributed by atoms with E-state index in [1.54, 1.807) is 0 Å². The Morgan fingerprint density at radius 1 is 1.19 bits per heavy atom. The molecule has 2 rings (SSSR count). The minimum absolute atomic E-state index is 0.139. The Labute approximate surface area is 121 Å². The summed E-state index contributed by atoms with van der Waals surface area (Å²) in [6, 6.07) is 0. The van der Waals surface area contributed by atoms with Crippen LogP contribution in [0, 0.1) is 0 Å². The normalized spacial score (nSPS) is 14.8. The van der Waals surface area contributed by atoms with Gasteiger partial charge in [-0.3, -0.25) is 5.43 Å². The Morgan fingerprint density at radius 2 is 1.90 bits per heavy atom. The fraction of sp³-hybridized carbons (Fsp3) is 0.727. The molecule has 8 nitrogen and oxygen atoms in total. The van der Waals surface area contributed by atoms with Crippen LogP contribution < -0.4 is 21.5 Å². The van der Waals surface area contributed by atoms with E-state index in [2.05, 4.69) is 25.7 Å². The zero-order valence-corrected chi connectivity index (χ0v) is 11.6. The van der Waals surface area contributed by atoms with Gasteiger partial charge in [-0.1, -0.05) is 0 Å². The maximum absolute atomic E-state index is 11.9. The Balaban J connectivity index is 1.90. The van der Waals surface area contributed by atoms with E-state index in [1.807, 2.05) is 4.90 Å². The second kappa shape index (κ2) is 7.84. The van der Waals surface area contributed by atoms with Gasteiger partial charge in [0.05, 0.1) is 6.61 Å². The molecule has 0 unspecified atom stereocenters. The van der Waals surface area contributed by atoms with Crippen molar-refractivity contribution in [2.75, 3.05) is 48.5 Å². The number of hydrogen-bond donors (Lipinski definition) is 3. The summed E-state index contributed by atoms with van der Waals surface area (Å²) in [5.74, 6) is 6.47. The van der Waals surface area contributed by atoms with Gasteiger partial charge in [-0.05, 0) is 12.8 Å². The van der Waals surface area contributed by atoms with Crippen LogP contribution in [0.15, 0.2) is 0 Å². The molecule has 0 saturated carbocycles. The zero-order valence-electron chi connectivity index (χ0n) is 11.6. The first kappa shape index (κ1) is 15.6. The number of nitrogens with zero attached hydrogens (tertiary/aromatic N) is 4. The van der Waals surface area contributed by atoms with Crippen molar-refractivity contribution in [3.05, 3.63) is 0 Å². The number of nitrogens with two attached hydrogens (primary N) is 1. The van der Waals surface area contributed by atoms with Crippen LogP contribution in [0.25, 0.3) is 0 Å². The van der Waals surface area contributed by atoms with Crippen molar-refractivity contribution >= 4 is 17.8 Å². The second-order valence-electron chi connectivity index (χ2n) is 4.51. The van der Waals surface area contributed by atoms with Gasteiger partial charge >= 0.3 is 0 Å². The molecule has 1 aliphatic heterocycles. The average Bonchev–Trinajstić information content (AvgIpc) is 3.00. The van der Waals surface area contributed by atoms with Crippen LogP contribution in [0.4, 0.5) is 26.6 Å². The molecule has 118 valence electrons. The number of halogens is 2. The van der Waals surface area contributed by atoms with Crippen LogP contribution in [0.5, 0.6) is 0 Å². The molecule has 1 aromatic heterocycles. The highest BCUT2D eigenvalue weighted by atomic mass is 19.3. The lowest BCUT2D eigenvalue weighted by Gasteiger charge is -2.16. The molecule has 0 bridgehead atoms. The summed E-state index contributed by atoms with van der Waals surface area (Å²) in [6.45, 7) is 1.67. The molecule has 1 saturated heterocycles. The van der Waals surface area contributed by atoms with Gasteiger partial charge in [-0.15, -0.1) is 0 Å². The highest BCUT2D eigenvalue weighted by molar-refractivity contribution is 5.43. The standard InChI is InChI=1S/C11H19F2N7O/c12-8(13)7-21-6-3-15-9-16-10(19-14)18-11(17-9)20-4-1-2-5-20/h8H,1-7,14H2,(H2,15,16,17,18,19). The van der Waals surface area contributed by atoms with E-state index >= 15 is 0 Å². The topological polar surface area (TPSA) is 101 Å². The lowest BCUT2D eigenvalue weighted by molar-refractivity contribution is 0.0214. The molecular formula is C11H19F2N7O. The number of nitrogen functional groups attached to an aromatic ring is 1. The Hall–Kier alpha value is -1.81. The SMILES string of the molecule is NNc1nc(NCCOCC(F)F)nc(N2CCCC2)n1. The Kier molecular flexibility index (Phi) is 5.81. The largest absolute Gasteiger partial charge is 0.374 e. The minimum atomic E-state index is -2.46. The average molecular weight is 303 g/mol. The lowest BCUT2D eigenvalue weighted by atomic mass is 10.4. The van der Waals surface area contributed by atoms with Crippen LogP contribution in [-0.2, 0) is 4.74 Å². The molecule has 0 aliphatic carbocycles. The van der Waals surface area contributed by atoms with Crippen molar-refractivity contribution < 1.29 is 13.5 Å². The second-order valence-corrected chi connectivity index (χ2v) is 4.51. The first-order valence-electron chi connectivity index (χ1n) is 6.76. The number of hydrazine groups is 1. The summed E-state index contributed by atoms with van der Waals surface area (Å²) in [6.07, 6.45) is -0.264. The summed E-state index contributed by atoms with van der Waals surface area (Å²) in [4.78, 5) is 14.6. The number of ether oxygens (including phenoxy) is 1. The molecule has 0 radical (unpaired) electrons. The quantitative estimate of drug-likeness (QED) is 0.361. The van der Waals surface area contributed by atoms with Gasteiger partial charge in [-0.2, -0.15) is 15.0 Å². The Bertz CT molecular complexity index is 443. The number of nitrogens with one attached hydrogen (secondary N) is 2. The summed E-state index contributed by atoms with van der Waals surface area (Å²) in [5, 5.41) is 2.90. The van der Waals surface area contributed by atoms with Gasteiger partial charge in [0.2, 0.25) is 17.8 Å². The van der Waals surface area contributed by atoms with Crippen molar-refractivity contribution in [3.8, 4) is 0 Å². The molecule has 1 aromatic rings. The number of aromatic nitrogens is 3. The molecule has 0 aromatic carbocycles. The van der Waals surface area contributed by atoms with Gasteiger partial charge in [-0.25, -0.2) is 14.6 Å². The van der Waals surface area contributed by atoms with E-state index in [9.17, 15) is 8.78 Å². The summed E-state index contributed by atoms with van der Waals surface area (Å²) >= 11 is 0. The fourth-order valence-electron chi connectivity index (χ4n) is 1.97. The molecule has 0 atom stereocenters. The van der Waals surface area contributed by atoms with Crippen molar-refractivity contribution in [2.24, 2.45) is 5.84 Å². The molecule has 0 spiro atoms. The van der Waals surface area contributed by atoms with Gasteiger partial charge in [0.15, 0.2) is 0 Å². The number of alkyl halides is 2. The predicted molar refractivity (Wildman–Crippen MR) is 74.4 cm³/mol. The van der Waals surface area contributed by atoms with Crippen molar-refractivity contribution in [1.29, 1.82) is 0 Å². The summed E-state index contributed by atoms with van der Waals surface area (Å²) in [7, 11) is 0. The fourth-order valence-corrected chi connectivity index (χ4v) is 1.97. The molecule has 0 amide bonds. The molecule has 1 aliphatic rings. The van der Waals surface area contributed by atoms with Crippen LogP contribution in [-0.4, -0.2) is 54.2 Å². The smallest absolute Gasteiger partial charge is 0.261 e. The van der Waals surface area contributed by atoms with Crippen LogP contribution in [0.1, 0.15) is 12.8 Å². The van der Waals surface area contributed by atoms with Gasteiger partial charge in [0, 0.05) is 19.6 Å². The molecule has 10 heteroatoms. The van der Waals surface area contributed by atoms with Crippen LogP contribution in [0.2, 0.25) is 0 Å². The third kappa shape index (κ3) is 4.90. The summed E-state index contributed by atoms with van der Waals surface area (Å²) in [5.41, 5.74) is 2.39. The first-order chi connectivity index (χ1) is 10.2. The molecular weight excluding hydrogens is 284 g/mol. The van der Waals surface area contributed by atoms with E-state index in [1.165, 1.54) is 0 Å². The predicted octanol–water partition coefficient (Wildman–Crippen LogP) is 0.451. The minimum Gasteiger partial charge on any atom is -0.374 e. The number of hydrogen-bond acceptors (Lipinski definition) is 8. The lowest BCUT2D eigenvalue weighted by Crippen LogP contribution is -2.24. The molecule has 21 heavy (non-hydrogen) atoms. The van der Waals surface area contributed by atoms with E-state index in [4.69, 9.17) is 10.6 Å². The van der Waals surface area contributed by atoms with E-state index in [0.29, 0.717) is 18.4 Å². The molecule has 2 heterocycles. The highest BCUT2D eigenvalue weighted by Crippen LogP contribution is 2.18. The Morgan fingerprint density at radius 3 is 2.57 bits per heavy atom. The highest BCUT2D eigenvalue weighted by Gasteiger charge is 2.17. The van der Waals surface area contributed by atoms with E-state index < -0.39 is 13.0 Å². The van der Waals surface area contributed by atoms with Gasteiger partial charge in [0.1, 0.15) is 6.61 Å². The van der Waals surface area contributed by atoms with Crippen LogP contribution >= 0.6 is 0 Å². The van der Waals surface area contributed by atoms with Gasteiger partial charge < -0.3 is 15.0 Å². The third-order valence-electron chi connectivity index (χ3n) is 2.91. The number of anilines is 3. The van der Waals surface area contributed by atoms with E-state index in [0.717, 1.165) is 25.9 Å². The summed E-state index contributed by atoms with van der Waals surface area (Å²) < 4.78 is 28.6. The molecule has 1 fully saturated rings. The maximum atomic E-state index is 11.9. The van der Waals surface area contributed by atoms with E-state index in [-0.39, 0.29) is 12.6 Å². The van der Waals surface area contributed by atoms with Crippen molar-refractivity contribution in [3.63, 3.8) is 0 Å². The van der Waals surface area contributed by atoms with Crippen LogP contribution in [0.3, 0.4) is 0 Å². The number of rotatable bonds is 8.